The van der Waals surface area contributed by atoms with E-state index in [4.69, 9.17) is 4.12 Å². The lowest BCUT2D eigenvalue weighted by molar-refractivity contribution is 0.435. The van der Waals surface area contributed by atoms with Gasteiger partial charge in [-0.15, -0.1) is 0 Å². The second-order valence-corrected chi connectivity index (χ2v) is 5.18. The molecule has 0 aromatic heterocycles. The van der Waals surface area contributed by atoms with Crippen LogP contribution in [0.2, 0.25) is 0 Å². The van der Waals surface area contributed by atoms with E-state index in [9.17, 15) is 0 Å². The Kier molecular flexibility index (Phi) is 5.73. The molecule has 0 N–H and O–H groups in total. The Bertz CT molecular complexity index is 49.3. The second-order valence-electron chi connectivity index (χ2n) is 1.72. The van der Waals surface area contributed by atoms with Gasteiger partial charge >= 0.3 is 0 Å². The minimum Gasteiger partial charge on any atom is -0.457 e. The second kappa shape index (κ2) is 5.49. The monoisotopic (exact) mass is 149 g/mol. The number of hydrogen-bond donors (Lipinski definition) is 0. The lowest BCUT2D eigenvalue weighted by atomic mass is 10.7. The summed E-state index contributed by atoms with van der Waals surface area (Å²) in [6, 6.07) is 0. The molecular weight excluding hydrogens is 134 g/mol. The Hall–Kier alpha value is 0.354. The molecule has 0 aromatic carbocycles. The first-order valence-electron chi connectivity index (χ1n) is 3.06. The van der Waals surface area contributed by atoms with E-state index in [1.807, 2.05) is 0 Å². The molecule has 0 radical (unpaired) electrons. The van der Waals surface area contributed by atoms with Crippen LogP contribution < -0.4 is 0 Å². The lowest BCUT2D eigenvalue weighted by Crippen LogP contribution is -2.28. The van der Waals surface area contributed by atoms with Gasteiger partial charge in [-0.3, -0.25) is 0 Å². The Balaban J connectivity index is 3.07. The molecular formula is C4H15NOSi2. The largest absolute Gasteiger partial charge is 0.457 e. The summed E-state index contributed by atoms with van der Waals surface area (Å²) in [5.74, 6) is 0. The van der Waals surface area contributed by atoms with Gasteiger partial charge in [0, 0.05) is 0 Å². The van der Waals surface area contributed by atoms with Crippen LogP contribution in [0.1, 0.15) is 13.8 Å². The van der Waals surface area contributed by atoms with Crippen LogP contribution in [0, 0.1) is 0 Å². The molecule has 0 spiro atoms. The van der Waals surface area contributed by atoms with Crippen molar-refractivity contribution in [2.75, 3.05) is 13.1 Å². The summed E-state index contributed by atoms with van der Waals surface area (Å²) in [7, 11) is 0.647. The summed E-state index contributed by atoms with van der Waals surface area (Å²) >= 11 is 0. The van der Waals surface area contributed by atoms with Crippen molar-refractivity contribution in [1.29, 1.82) is 0 Å². The Labute approximate surface area is 56.8 Å². The molecule has 0 aliphatic heterocycles. The van der Waals surface area contributed by atoms with Gasteiger partial charge in [-0.2, -0.15) is 0 Å². The quantitative estimate of drug-likeness (QED) is 0.457. The molecule has 0 aromatic rings. The zero-order valence-electron chi connectivity index (χ0n) is 5.98. The van der Waals surface area contributed by atoms with Crippen molar-refractivity contribution in [2.45, 2.75) is 13.8 Å². The van der Waals surface area contributed by atoms with Crippen LogP contribution in [0.5, 0.6) is 0 Å². The molecule has 0 bridgehead atoms. The highest BCUT2D eigenvalue weighted by molar-refractivity contribution is 6.31. The Morgan fingerprint density at radius 2 is 2.00 bits per heavy atom. The van der Waals surface area contributed by atoms with Crippen LogP contribution in [-0.2, 0) is 4.12 Å². The minimum absolute atomic E-state index is 0.269. The highest BCUT2D eigenvalue weighted by atomic mass is 28.3. The van der Waals surface area contributed by atoms with E-state index < -0.39 is 0 Å². The average molecular weight is 149 g/mol. The maximum Gasteiger partial charge on any atom is 0.226 e. The Morgan fingerprint density at radius 1 is 1.50 bits per heavy atom. The van der Waals surface area contributed by atoms with E-state index in [-0.39, 0.29) is 9.92 Å². The summed E-state index contributed by atoms with van der Waals surface area (Å²) in [5, 5.41) is 0. The summed E-state index contributed by atoms with van der Waals surface area (Å²) in [6.07, 6.45) is 0. The van der Waals surface area contributed by atoms with Crippen LogP contribution in [-0.4, -0.2) is 38.1 Å². The molecule has 0 atom stereocenters. The highest BCUT2D eigenvalue weighted by Crippen LogP contribution is 1.80. The molecule has 4 heteroatoms. The third-order valence-corrected chi connectivity index (χ3v) is 3.50. The molecule has 0 fully saturated rings. The molecule has 0 amide bonds. The fraction of sp³-hybridized carbons (Fsp3) is 1.00. The number of rotatable bonds is 4. The van der Waals surface area contributed by atoms with Crippen molar-refractivity contribution >= 4 is 20.4 Å². The van der Waals surface area contributed by atoms with Crippen molar-refractivity contribution in [1.82, 2.24) is 4.57 Å². The fourth-order valence-electron chi connectivity index (χ4n) is 0.589. The molecule has 2 nitrogen and oxygen atoms in total. The summed E-state index contributed by atoms with van der Waals surface area (Å²) < 4.78 is 7.57. The third kappa shape index (κ3) is 3.37. The van der Waals surface area contributed by atoms with Crippen LogP contribution >= 0.6 is 0 Å². The molecule has 8 heavy (non-hydrogen) atoms. The zero-order chi connectivity index (χ0) is 6.41. The maximum atomic E-state index is 5.19. The molecule has 0 saturated heterocycles. The minimum atomic E-state index is -0.269. The smallest absolute Gasteiger partial charge is 0.226 e. The van der Waals surface area contributed by atoms with E-state index in [1.54, 1.807) is 0 Å². The number of hydrogen-bond acceptors (Lipinski definition) is 2. The van der Waals surface area contributed by atoms with E-state index in [1.165, 1.54) is 0 Å². The van der Waals surface area contributed by atoms with E-state index in [0.29, 0.717) is 0 Å². The van der Waals surface area contributed by atoms with Crippen molar-refractivity contribution in [2.24, 2.45) is 0 Å². The summed E-state index contributed by atoms with van der Waals surface area (Å²) in [5.41, 5.74) is 0. The first-order valence-corrected chi connectivity index (χ1v) is 5.09. The molecule has 0 unspecified atom stereocenters. The predicted octanol–water partition coefficient (Wildman–Crippen LogP) is -1.38. The topological polar surface area (TPSA) is 12.5 Å². The van der Waals surface area contributed by atoms with Crippen LogP contribution in [0.25, 0.3) is 0 Å². The zero-order valence-corrected chi connectivity index (χ0v) is 9.39. The predicted molar refractivity (Wildman–Crippen MR) is 42.5 cm³/mol. The van der Waals surface area contributed by atoms with Gasteiger partial charge in [0.05, 0.1) is 0 Å². The van der Waals surface area contributed by atoms with Gasteiger partial charge in [0.1, 0.15) is 10.5 Å². The molecule has 0 rings (SSSR count). The summed E-state index contributed by atoms with van der Waals surface area (Å²) in [6.45, 7) is 6.67. The van der Waals surface area contributed by atoms with Gasteiger partial charge in [-0.05, 0) is 13.1 Å². The van der Waals surface area contributed by atoms with Crippen LogP contribution in [0.15, 0.2) is 0 Å². The SMILES string of the molecule is CCN(CC)[SiH2]O[SiH3]. The van der Waals surface area contributed by atoms with E-state index in [2.05, 4.69) is 18.4 Å². The normalized spacial score (nSPS) is 12.4. The molecule has 50 valence electrons. The van der Waals surface area contributed by atoms with Crippen LogP contribution in [0.4, 0.5) is 0 Å². The average Bonchev–Trinajstić information content (AvgIpc) is 1.83. The van der Waals surface area contributed by atoms with Gasteiger partial charge < -0.3 is 8.68 Å². The molecule has 0 heterocycles. The van der Waals surface area contributed by atoms with Crippen LogP contribution in [0.3, 0.4) is 0 Å². The first kappa shape index (κ1) is 8.35. The molecule has 0 aliphatic rings. The van der Waals surface area contributed by atoms with E-state index >= 15 is 0 Å². The van der Waals surface area contributed by atoms with Crippen molar-refractivity contribution in [3.8, 4) is 0 Å². The fourth-order valence-corrected chi connectivity index (χ4v) is 2.41. The standard InChI is InChI=1S/C4H15NOSi2/c1-3-5(4-2)8-6-7/h3-4,8H2,1-2,7H3. The van der Waals surface area contributed by atoms with Gasteiger partial charge in [-0.25, -0.2) is 0 Å². The Morgan fingerprint density at radius 3 is 2.12 bits per heavy atom. The number of nitrogens with zero attached hydrogens (tertiary/aromatic N) is 1. The first-order chi connectivity index (χ1) is 3.85. The van der Waals surface area contributed by atoms with Gasteiger partial charge in [0.15, 0.2) is 0 Å². The van der Waals surface area contributed by atoms with Crippen molar-refractivity contribution < 1.29 is 4.12 Å². The van der Waals surface area contributed by atoms with Gasteiger partial charge in [0.25, 0.3) is 0 Å². The lowest BCUT2D eigenvalue weighted by Gasteiger charge is -2.15. The van der Waals surface area contributed by atoms with Gasteiger partial charge in [0.2, 0.25) is 9.92 Å². The van der Waals surface area contributed by atoms with Crippen molar-refractivity contribution in [3.05, 3.63) is 0 Å². The third-order valence-electron chi connectivity index (χ3n) is 1.21. The molecule has 0 saturated carbocycles. The molecule has 0 aliphatic carbocycles. The highest BCUT2D eigenvalue weighted by Gasteiger charge is 1.94. The summed E-state index contributed by atoms with van der Waals surface area (Å²) in [4.78, 5) is 0. The van der Waals surface area contributed by atoms with E-state index in [0.717, 1.165) is 23.6 Å². The van der Waals surface area contributed by atoms with Crippen molar-refractivity contribution in [3.63, 3.8) is 0 Å². The maximum absolute atomic E-state index is 5.19. The van der Waals surface area contributed by atoms with Gasteiger partial charge in [-0.1, -0.05) is 13.8 Å².